The van der Waals surface area contributed by atoms with Crippen molar-refractivity contribution >= 4 is 5.57 Å². The molecule has 0 saturated carbocycles. The lowest BCUT2D eigenvalue weighted by Crippen LogP contribution is -2.32. The summed E-state index contributed by atoms with van der Waals surface area (Å²) in [4.78, 5) is 0. The van der Waals surface area contributed by atoms with Crippen molar-refractivity contribution in [3.8, 4) is 11.8 Å². The van der Waals surface area contributed by atoms with Crippen LogP contribution in [0.15, 0.2) is 29.9 Å². The third-order valence-electron chi connectivity index (χ3n) is 7.60. The van der Waals surface area contributed by atoms with Crippen molar-refractivity contribution < 1.29 is 0 Å². The topological polar surface area (TPSA) is 0 Å². The highest BCUT2D eigenvalue weighted by Crippen LogP contribution is 2.57. The minimum absolute atomic E-state index is 0. The van der Waals surface area contributed by atoms with Gasteiger partial charge in [0.1, 0.15) is 0 Å². The molecule has 3 aliphatic carbocycles. The quantitative estimate of drug-likeness (QED) is 0.255. The third-order valence-corrected chi connectivity index (χ3v) is 7.60. The number of allylic oxidation sites excluding steroid dienone is 4. The summed E-state index contributed by atoms with van der Waals surface area (Å²) in [5.41, 5.74) is 9.86. The normalized spacial score (nSPS) is 21.2. The predicted octanol–water partition coefficient (Wildman–Crippen LogP) is 11.9. The molecular weight excluding hydrogens is 420 g/mol. The summed E-state index contributed by atoms with van der Waals surface area (Å²) in [6, 6.07) is 4.79. The van der Waals surface area contributed by atoms with Gasteiger partial charge >= 0.3 is 0 Å². The average Bonchev–Trinajstić information content (AvgIpc) is 2.96. The SMILES string of the molecule is C.C.C.C.C.C.CCCCCCCCCC12CCCc3c(C)ccc(c31)C1=C2CC#CC(C)/C=C\1. The lowest BCUT2D eigenvalue weighted by atomic mass is 9.64. The Morgan fingerprint density at radius 2 is 1.57 bits per heavy atom. The van der Waals surface area contributed by atoms with E-state index in [1.807, 2.05) is 0 Å². The molecule has 1 aromatic carbocycles. The zero-order chi connectivity index (χ0) is 20.3. The molecule has 0 spiro atoms. The van der Waals surface area contributed by atoms with Crippen molar-refractivity contribution in [3.05, 3.63) is 52.1 Å². The van der Waals surface area contributed by atoms with Crippen LogP contribution in [0, 0.1) is 24.7 Å². The van der Waals surface area contributed by atoms with Crippen LogP contribution in [0.4, 0.5) is 0 Å². The Kier molecular flexibility index (Phi) is 18.2. The minimum atomic E-state index is 0. The Labute approximate surface area is 223 Å². The van der Waals surface area contributed by atoms with Gasteiger partial charge in [-0.05, 0) is 72.9 Å². The van der Waals surface area contributed by atoms with Crippen LogP contribution in [0.2, 0.25) is 0 Å². The molecule has 2 atom stereocenters. The molecule has 0 fully saturated rings. The van der Waals surface area contributed by atoms with Crippen LogP contribution in [0.1, 0.15) is 151 Å². The third kappa shape index (κ3) is 7.38. The van der Waals surface area contributed by atoms with E-state index < -0.39 is 0 Å². The van der Waals surface area contributed by atoms with Crippen LogP contribution in [0.5, 0.6) is 0 Å². The van der Waals surface area contributed by atoms with Crippen LogP contribution in [-0.2, 0) is 11.8 Å². The molecule has 0 heterocycles. The molecule has 0 amide bonds. The summed E-state index contributed by atoms with van der Waals surface area (Å²) in [5.74, 6) is 7.37. The molecule has 0 aliphatic heterocycles. The summed E-state index contributed by atoms with van der Waals surface area (Å²) >= 11 is 0. The van der Waals surface area contributed by atoms with Crippen LogP contribution in [0.3, 0.4) is 0 Å². The maximum atomic E-state index is 3.56. The molecule has 0 aromatic heterocycles. The predicted molar refractivity (Wildman–Crippen MR) is 166 cm³/mol. The molecule has 0 N–H and O–H groups in total. The van der Waals surface area contributed by atoms with Crippen molar-refractivity contribution in [2.45, 2.75) is 148 Å². The summed E-state index contributed by atoms with van der Waals surface area (Å²) in [6.07, 6.45) is 20.7. The highest BCUT2D eigenvalue weighted by molar-refractivity contribution is 5.88. The van der Waals surface area contributed by atoms with Gasteiger partial charge in [-0.3, -0.25) is 0 Å². The minimum Gasteiger partial charge on any atom is -0.0982 e. The second-order valence-corrected chi connectivity index (χ2v) is 9.63. The Hall–Kier alpha value is -1.74. The van der Waals surface area contributed by atoms with E-state index in [0.717, 1.165) is 6.42 Å². The average molecular weight is 483 g/mol. The summed E-state index contributed by atoms with van der Waals surface area (Å²) in [6.45, 7) is 6.85. The maximum Gasteiger partial charge on any atom is 0.0357 e. The van der Waals surface area contributed by atoms with E-state index in [0.29, 0.717) is 5.92 Å². The van der Waals surface area contributed by atoms with E-state index in [1.165, 1.54) is 87.3 Å². The molecule has 4 rings (SSSR count). The molecule has 0 bridgehead atoms. The molecule has 1 aromatic rings. The van der Waals surface area contributed by atoms with E-state index in [-0.39, 0.29) is 50.0 Å². The number of fused-ring (bicyclic) bond motifs is 2. The number of hydrogen-bond acceptors (Lipinski definition) is 0. The molecular formula is C35H62. The first-order valence-corrected chi connectivity index (χ1v) is 12.2. The van der Waals surface area contributed by atoms with Crippen LogP contribution in [-0.4, -0.2) is 0 Å². The summed E-state index contributed by atoms with van der Waals surface area (Å²) in [5, 5.41) is 0. The summed E-state index contributed by atoms with van der Waals surface area (Å²) in [7, 11) is 0. The first-order valence-electron chi connectivity index (χ1n) is 12.2. The molecule has 0 heteroatoms. The van der Waals surface area contributed by atoms with Crippen LogP contribution >= 0.6 is 0 Å². The number of aryl methyl sites for hydroxylation is 1. The van der Waals surface area contributed by atoms with Crippen molar-refractivity contribution in [2.24, 2.45) is 5.92 Å². The van der Waals surface area contributed by atoms with Gasteiger partial charge in [0.15, 0.2) is 0 Å². The largest absolute Gasteiger partial charge is 0.0982 e. The second-order valence-electron chi connectivity index (χ2n) is 9.63. The fourth-order valence-electron chi connectivity index (χ4n) is 6.09. The second kappa shape index (κ2) is 16.8. The van der Waals surface area contributed by atoms with Crippen molar-refractivity contribution in [2.75, 3.05) is 0 Å². The van der Waals surface area contributed by atoms with Crippen LogP contribution in [0.25, 0.3) is 5.57 Å². The van der Waals surface area contributed by atoms with Gasteiger partial charge in [0.25, 0.3) is 0 Å². The van der Waals surface area contributed by atoms with Gasteiger partial charge in [0, 0.05) is 17.8 Å². The first-order chi connectivity index (χ1) is 14.2. The molecule has 2 unspecified atom stereocenters. The van der Waals surface area contributed by atoms with E-state index in [1.54, 1.807) is 16.7 Å². The van der Waals surface area contributed by atoms with Crippen molar-refractivity contribution in [1.29, 1.82) is 0 Å². The van der Waals surface area contributed by atoms with Crippen molar-refractivity contribution in [1.82, 2.24) is 0 Å². The number of benzene rings is 1. The fraction of sp³-hybridized carbons (Fsp3) is 0.657. The molecule has 0 nitrogen and oxygen atoms in total. The Balaban J connectivity index is -0.00000171. The number of unbranched alkanes of at least 4 members (excludes halogenated alkanes) is 6. The highest BCUT2D eigenvalue weighted by Gasteiger charge is 2.46. The van der Waals surface area contributed by atoms with Gasteiger partial charge < -0.3 is 0 Å². The Morgan fingerprint density at radius 3 is 2.26 bits per heavy atom. The van der Waals surface area contributed by atoms with E-state index in [2.05, 4.69) is 56.9 Å². The lowest BCUT2D eigenvalue weighted by molar-refractivity contribution is 0.374. The number of hydrogen-bond donors (Lipinski definition) is 0. The molecule has 3 aliphatic rings. The standard InChI is InChI=1S/C29H38.6CH4/c1-4-5-6-7-8-9-10-20-29-21-12-14-24-23(3)17-19-26(28(24)29)25-18-16-22(2)13-11-15-27(25)29;;;;;;/h16-19,22H,4-10,12,14-15,20-21H2,1-3H3;6*1H4/b18-16-;;;;;;. The monoisotopic (exact) mass is 482 g/mol. The lowest BCUT2D eigenvalue weighted by Gasteiger charge is -2.39. The van der Waals surface area contributed by atoms with Crippen molar-refractivity contribution in [3.63, 3.8) is 0 Å². The maximum absolute atomic E-state index is 3.56. The van der Waals surface area contributed by atoms with Gasteiger partial charge in [-0.2, -0.15) is 0 Å². The van der Waals surface area contributed by atoms with Gasteiger partial charge in [-0.1, -0.05) is 133 Å². The zero-order valence-corrected chi connectivity index (χ0v) is 18.9. The summed E-state index contributed by atoms with van der Waals surface area (Å²) < 4.78 is 0. The van der Waals surface area contributed by atoms with Crippen LogP contribution < -0.4 is 0 Å². The Morgan fingerprint density at radius 1 is 0.914 bits per heavy atom. The van der Waals surface area contributed by atoms with Gasteiger partial charge in [0.2, 0.25) is 0 Å². The highest BCUT2D eigenvalue weighted by atomic mass is 14.5. The van der Waals surface area contributed by atoms with E-state index in [9.17, 15) is 0 Å². The zero-order valence-electron chi connectivity index (χ0n) is 18.9. The van der Waals surface area contributed by atoms with E-state index >= 15 is 0 Å². The van der Waals surface area contributed by atoms with Gasteiger partial charge in [-0.25, -0.2) is 0 Å². The first kappa shape index (κ1) is 37.8. The van der Waals surface area contributed by atoms with E-state index in [4.69, 9.17) is 0 Å². The van der Waals surface area contributed by atoms with Gasteiger partial charge in [0.05, 0.1) is 0 Å². The molecule has 202 valence electrons. The smallest absolute Gasteiger partial charge is 0.0357 e. The molecule has 35 heavy (non-hydrogen) atoms. The van der Waals surface area contributed by atoms with Gasteiger partial charge in [-0.15, -0.1) is 0 Å². The molecule has 0 radical (unpaired) electrons. The fourth-order valence-corrected chi connectivity index (χ4v) is 6.09. The Bertz CT molecular complexity index is 869. The number of rotatable bonds is 8. The molecule has 0 saturated heterocycles.